The molecule has 0 amide bonds. The van der Waals surface area contributed by atoms with Gasteiger partial charge in [0.15, 0.2) is 5.60 Å². The monoisotopic (exact) mass is 253 g/mol. The zero-order valence-electron chi connectivity index (χ0n) is 9.56. The van der Waals surface area contributed by atoms with E-state index in [2.05, 4.69) is 4.72 Å². The number of rotatable bonds is 8. The highest BCUT2D eigenvalue weighted by Crippen LogP contribution is 2.03. The van der Waals surface area contributed by atoms with E-state index in [4.69, 9.17) is 5.11 Å². The molecule has 0 heterocycles. The first kappa shape index (κ1) is 15.3. The topological polar surface area (TPSA) is 104 Å². The van der Waals surface area contributed by atoms with Crippen LogP contribution in [0.25, 0.3) is 0 Å². The van der Waals surface area contributed by atoms with Gasteiger partial charge in [-0.2, -0.15) is 0 Å². The van der Waals surface area contributed by atoms with E-state index in [1.165, 1.54) is 0 Å². The third kappa shape index (κ3) is 6.04. The molecule has 0 bridgehead atoms. The predicted molar refractivity (Wildman–Crippen MR) is 59.6 cm³/mol. The fourth-order valence-corrected chi connectivity index (χ4v) is 2.17. The van der Waals surface area contributed by atoms with E-state index in [0.29, 0.717) is 6.42 Å². The van der Waals surface area contributed by atoms with Gasteiger partial charge in [-0.15, -0.1) is 0 Å². The highest BCUT2D eigenvalue weighted by Gasteiger charge is 2.31. The molecule has 96 valence electrons. The largest absolute Gasteiger partial charge is 0.479 e. The van der Waals surface area contributed by atoms with Gasteiger partial charge in [0.05, 0.1) is 5.75 Å². The fourth-order valence-electron chi connectivity index (χ4n) is 0.940. The van der Waals surface area contributed by atoms with E-state index in [1.807, 2.05) is 6.92 Å². The molecule has 1 unspecified atom stereocenters. The summed E-state index contributed by atoms with van der Waals surface area (Å²) < 4.78 is 24.8. The summed E-state index contributed by atoms with van der Waals surface area (Å²) in [7, 11) is -3.49. The molecule has 3 N–H and O–H groups in total. The highest BCUT2D eigenvalue weighted by atomic mass is 32.2. The maximum absolute atomic E-state index is 11.4. The minimum Gasteiger partial charge on any atom is -0.479 e. The quantitative estimate of drug-likeness (QED) is 0.525. The van der Waals surface area contributed by atoms with Crippen molar-refractivity contribution >= 4 is 16.0 Å². The van der Waals surface area contributed by atoms with E-state index in [9.17, 15) is 18.3 Å². The third-order valence-electron chi connectivity index (χ3n) is 2.11. The lowest BCUT2D eigenvalue weighted by Gasteiger charge is -2.18. The first-order chi connectivity index (χ1) is 7.21. The summed E-state index contributed by atoms with van der Waals surface area (Å²) in [4.78, 5) is 10.5. The standard InChI is InChI=1S/C9H19NO5S/c1-3-4-5-6-16(14,15)10-7-9(2,13)8(11)12/h10,13H,3-7H2,1-2H3,(H,11,12). The summed E-state index contributed by atoms with van der Waals surface area (Å²) >= 11 is 0. The molecule has 0 spiro atoms. The van der Waals surface area contributed by atoms with E-state index in [-0.39, 0.29) is 5.75 Å². The summed E-state index contributed by atoms with van der Waals surface area (Å²) in [5, 5.41) is 17.9. The highest BCUT2D eigenvalue weighted by molar-refractivity contribution is 7.89. The van der Waals surface area contributed by atoms with Crippen LogP contribution in [-0.4, -0.2) is 42.5 Å². The summed E-state index contributed by atoms with van der Waals surface area (Å²) in [5.74, 6) is -1.50. The van der Waals surface area contributed by atoms with Crippen LogP contribution in [0.1, 0.15) is 33.1 Å². The van der Waals surface area contributed by atoms with Crippen LogP contribution in [0, 0.1) is 0 Å². The molecule has 0 aromatic heterocycles. The van der Waals surface area contributed by atoms with Crippen molar-refractivity contribution < 1.29 is 23.4 Å². The van der Waals surface area contributed by atoms with Crippen LogP contribution < -0.4 is 4.72 Å². The Morgan fingerprint density at radius 3 is 2.38 bits per heavy atom. The lowest BCUT2D eigenvalue weighted by Crippen LogP contribution is -2.46. The van der Waals surface area contributed by atoms with Gasteiger partial charge in [-0.25, -0.2) is 17.9 Å². The number of aliphatic carboxylic acids is 1. The molecular formula is C9H19NO5S. The smallest absolute Gasteiger partial charge is 0.336 e. The molecule has 0 saturated heterocycles. The van der Waals surface area contributed by atoms with Crippen molar-refractivity contribution in [3.63, 3.8) is 0 Å². The second-order valence-electron chi connectivity index (χ2n) is 3.93. The normalized spacial score (nSPS) is 15.7. The van der Waals surface area contributed by atoms with Crippen molar-refractivity contribution in [3.8, 4) is 0 Å². The third-order valence-corrected chi connectivity index (χ3v) is 3.52. The summed E-state index contributed by atoms with van der Waals surface area (Å²) in [6.07, 6.45) is 2.24. The van der Waals surface area contributed by atoms with Crippen LogP contribution in [0.5, 0.6) is 0 Å². The van der Waals surface area contributed by atoms with Crippen LogP contribution in [-0.2, 0) is 14.8 Å². The minimum atomic E-state index is -3.49. The fraction of sp³-hybridized carbons (Fsp3) is 0.889. The minimum absolute atomic E-state index is 0.0451. The molecule has 0 rings (SSSR count). The molecule has 0 aromatic carbocycles. The van der Waals surface area contributed by atoms with Crippen molar-refractivity contribution in [1.82, 2.24) is 4.72 Å². The van der Waals surface area contributed by atoms with Crippen molar-refractivity contribution in [3.05, 3.63) is 0 Å². The van der Waals surface area contributed by atoms with E-state index in [0.717, 1.165) is 19.8 Å². The Morgan fingerprint density at radius 1 is 1.38 bits per heavy atom. The number of hydrogen-bond acceptors (Lipinski definition) is 4. The number of aliphatic hydroxyl groups is 1. The van der Waals surface area contributed by atoms with E-state index in [1.54, 1.807) is 0 Å². The molecular weight excluding hydrogens is 234 g/mol. The van der Waals surface area contributed by atoms with Gasteiger partial charge >= 0.3 is 5.97 Å². The summed E-state index contributed by atoms with van der Waals surface area (Å²) in [5.41, 5.74) is -2.07. The number of carbonyl (C=O) groups is 1. The molecule has 1 atom stereocenters. The maximum Gasteiger partial charge on any atom is 0.336 e. The van der Waals surface area contributed by atoms with Crippen LogP contribution in [0.3, 0.4) is 0 Å². The van der Waals surface area contributed by atoms with Crippen LogP contribution in [0.4, 0.5) is 0 Å². The van der Waals surface area contributed by atoms with E-state index < -0.39 is 28.1 Å². The molecule has 6 nitrogen and oxygen atoms in total. The predicted octanol–water partition coefficient (Wildman–Crippen LogP) is -0.0684. The number of carboxylic acids is 1. The number of carboxylic acid groups (broad SMARTS) is 1. The Hall–Kier alpha value is -0.660. The van der Waals surface area contributed by atoms with Crippen LogP contribution >= 0.6 is 0 Å². The second kappa shape index (κ2) is 6.17. The zero-order valence-corrected chi connectivity index (χ0v) is 10.4. The Kier molecular flexibility index (Phi) is 5.91. The average Bonchev–Trinajstić information content (AvgIpc) is 2.15. The Morgan fingerprint density at radius 2 is 1.94 bits per heavy atom. The van der Waals surface area contributed by atoms with Gasteiger partial charge in [-0.1, -0.05) is 19.8 Å². The molecule has 0 saturated carbocycles. The molecule has 0 aromatic rings. The van der Waals surface area contributed by atoms with Gasteiger partial charge in [0.2, 0.25) is 10.0 Å². The van der Waals surface area contributed by atoms with Crippen molar-refractivity contribution in [1.29, 1.82) is 0 Å². The van der Waals surface area contributed by atoms with Gasteiger partial charge in [-0.05, 0) is 13.3 Å². The Bertz CT molecular complexity index is 323. The lowest BCUT2D eigenvalue weighted by molar-refractivity contribution is -0.155. The molecule has 0 aliphatic rings. The van der Waals surface area contributed by atoms with Gasteiger partial charge in [0.25, 0.3) is 0 Å². The maximum atomic E-state index is 11.4. The van der Waals surface area contributed by atoms with Gasteiger partial charge < -0.3 is 10.2 Å². The van der Waals surface area contributed by atoms with Crippen molar-refractivity contribution in [2.75, 3.05) is 12.3 Å². The first-order valence-electron chi connectivity index (χ1n) is 5.14. The van der Waals surface area contributed by atoms with Gasteiger partial charge in [-0.3, -0.25) is 0 Å². The molecule has 0 aliphatic heterocycles. The molecule has 0 fully saturated rings. The molecule has 7 heteroatoms. The lowest BCUT2D eigenvalue weighted by atomic mass is 10.1. The van der Waals surface area contributed by atoms with Crippen molar-refractivity contribution in [2.45, 2.75) is 38.7 Å². The molecule has 16 heavy (non-hydrogen) atoms. The number of nitrogens with one attached hydrogen (secondary N) is 1. The second-order valence-corrected chi connectivity index (χ2v) is 5.85. The van der Waals surface area contributed by atoms with Crippen LogP contribution in [0.15, 0.2) is 0 Å². The summed E-state index contributed by atoms with van der Waals surface area (Å²) in [6.45, 7) is 2.48. The molecule has 0 radical (unpaired) electrons. The SMILES string of the molecule is CCCCCS(=O)(=O)NCC(C)(O)C(=O)O. The van der Waals surface area contributed by atoms with Gasteiger partial charge in [0.1, 0.15) is 0 Å². The Labute approximate surface area is 95.7 Å². The first-order valence-corrected chi connectivity index (χ1v) is 6.79. The summed E-state index contributed by atoms with van der Waals surface area (Å²) in [6, 6.07) is 0. The number of sulfonamides is 1. The van der Waals surface area contributed by atoms with Crippen molar-refractivity contribution in [2.24, 2.45) is 0 Å². The van der Waals surface area contributed by atoms with Crippen LogP contribution in [0.2, 0.25) is 0 Å². The Balaban J connectivity index is 4.14. The number of hydrogen-bond donors (Lipinski definition) is 3. The molecule has 0 aliphatic carbocycles. The zero-order chi connectivity index (χ0) is 12.8. The number of unbranched alkanes of at least 4 members (excludes halogenated alkanes) is 2. The average molecular weight is 253 g/mol. The van der Waals surface area contributed by atoms with E-state index >= 15 is 0 Å². The van der Waals surface area contributed by atoms with Gasteiger partial charge in [0, 0.05) is 6.54 Å².